The predicted molar refractivity (Wildman–Crippen MR) is 133 cm³/mol. The van der Waals surface area contributed by atoms with Crippen molar-refractivity contribution in [1.82, 2.24) is 9.38 Å². The maximum absolute atomic E-state index is 4.87. The SMILES string of the molecule is c1ccc2c(c1)Cc1c-2ccnc1-c1ccc2c3cccc4c5ccccc5n(c2c1)c43. The molecule has 0 radical (unpaired) electrons. The van der Waals surface area contributed by atoms with E-state index in [1.165, 1.54) is 65.9 Å². The van der Waals surface area contributed by atoms with Gasteiger partial charge in [0.05, 0.1) is 22.2 Å². The monoisotopic (exact) mass is 406 g/mol. The molecule has 0 bridgehead atoms. The highest BCUT2D eigenvalue weighted by atomic mass is 14.9. The molecule has 148 valence electrons. The van der Waals surface area contributed by atoms with Gasteiger partial charge in [0, 0.05) is 39.7 Å². The average molecular weight is 406 g/mol. The second kappa shape index (κ2) is 5.74. The number of fused-ring (bicyclic) bond motifs is 9. The molecule has 4 aromatic carbocycles. The van der Waals surface area contributed by atoms with Gasteiger partial charge in [0.2, 0.25) is 0 Å². The zero-order chi connectivity index (χ0) is 20.8. The van der Waals surface area contributed by atoms with Crippen molar-refractivity contribution >= 4 is 38.1 Å². The summed E-state index contributed by atoms with van der Waals surface area (Å²) in [7, 11) is 0. The van der Waals surface area contributed by atoms with Crippen molar-refractivity contribution in [3.05, 3.63) is 108 Å². The molecule has 3 aromatic heterocycles. The number of benzene rings is 4. The Morgan fingerprint density at radius 2 is 1.41 bits per heavy atom. The molecule has 7 aromatic rings. The van der Waals surface area contributed by atoms with Gasteiger partial charge in [0.1, 0.15) is 0 Å². The lowest BCUT2D eigenvalue weighted by molar-refractivity contribution is 1.20. The van der Waals surface area contributed by atoms with Crippen LogP contribution in [0, 0.1) is 0 Å². The van der Waals surface area contributed by atoms with Crippen LogP contribution in [0.4, 0.5) is 0 Å². The largest absolute Gasteiger partial charge is 0.308 e. The van der Waals surface area contributed by atoms with Crippen molar-refractivity contribution in [3.63, 3.8) is 0 Å². The minimum Gasteiger partial charge on any atom is -0.308 e. The molecule has 1 aliphatic rings. The molecule has 32 heavy (non-hydrogen) atoms. The van der Waals surface area contributed by atoms with Gasteiger partial charge < -0.3 is 4.40 Å². The summed E-state index contributed by atoms with van der Waals surface area (Å²) < 4.78 is 2.44. The molecule has 0 aliphatic heterocycles. The fraction of sp³-hybridized carbons (Fsp3) is 0.0333. The van der Waals surface area contributed by atoms with Gasteiger partial charge in [-0.05, 0) is 40.5 Å². The lowest BCUT2D eigenvalue weighted by Crippen LogP contribution is -1.92. The van der Waals surface area contributed by atoms with E-state index in [0.717, 1.165) is 12.1 Å². The molecule has 0 amide bonds. The second-order valence-electron chi connectivity index (χ2n) is 8.81. The standard InChI is InChI=1S/C30H18N2/c1-2-7-20-18(6-1)16-26-21(20)14-15-31-29(26)19-12-13-23-25-10-5-9-24-22-8-3-4-11-27(22)32(30(24)25)28(23)17-19/h1-15,17H,16H2. The number of hydrogen-bond acceptors (Lipinski definition) is 1. The van der Waals surface area contributed by atoms with E-state index in [4.69, 9.17) is 4.98 Å². The molecule has 0 fully saturated rings. The van der Waals surface area contributed by atoms with Gasteiger partial charge in [0.15, 0.2) is 0 Å². The predicted octanol–water partition coefficient (Wildman–Crippen LogP) is 7.47. The molecule has 0 atom stereocenters. The molecule has 0 spiro atoms. The van der Waals surface area contributed by atoms with Gasteiger partial charge in [-0.2, -0.15) is 0 Å². The Morgan fingerprint density at radius 3 is 2.34 bits per heavy atom. The first-order chi connectivity index (χ1) is 15.9. The summed E-state index contributed by atoms with van der Waals surface area (Å²) in [6, 6.07) is 33.2. The summed E-state index contributed by atoms with van der Waals surface area (Å²) in [5.41, 5.74) is 11.5. The zero-order valence-corrected chi connectivity index (χ0v) is 17.3. The highest BCUT2D eigenvalue weighted by Gasteiger charge is 2.23. The first-order valence-corrected chi connectivity index (χ1v) is 11.1. The van der Waals surface area contributed by atoms with Crippen LogP contribution in [0.5, 0.6) is 0 Å². The Balaban J connectivity index is 1.46. The summed E-state index contributed by atoms with van der Waals surface area (Å²) in [6.07, 6.45) is 2.91. The lowest BCUT2D eigenvalue weighted by Gasteiger charge is -2.08. The van der Waals surface area contributed by atoms with Crippen LogP contribution >= 0.6 is 0 Å². The topological polar surface area (TPSA) is 17.3 Å². The molecule has 0 saturated carbocycles. The van der Waals surface area contributed by atoms with Crippen LogP contribution in [0.2, 0.25) is 0 Å². The van der Waals surface area contributed by atoms with Gasteiger partial charge in [-0.25, -0.2) is 0 Å². The molecular formula is C30H18N2. The minimum atomic E-state index is 0.947. The van der Waals surface area contributed by atoms with Crippen LogP contribution < -0.4 is 0 Å². The number of rotatable bonds is 1. The van der Waals surface area contributed by atoms with E-state index in [1.807, 2.05) is 6.20 Å². The zero-order valence-electron chi connectivity index (χ0n) is 17.3. The number of hydrogen-bond donors (Lipinski definition) is 0. The van der Waals surface area contributed by atoms with Gasteiger partial charge in [-0.15, -0.1) is 0 Å². The van der Waals surface area contributed by atoms with Crippen molar-refractivity contribution in [1.29, 1.82) is 0 Å². The van der Waals surface area contributed by atoms with Crippen LogP contribution in [0.3, 0.4) is 0 Å². The molecule has 0 unspecified atom stereocenters. The molecule has 8 rings (SSSR count). The van der Waals surface area contributed by atoms with Crippen molar-refractivity contribution < 1.29 is 0 Å². The minimum absolute atomic E-state index is 0.947. The quantitative estimate of drug-likeness (QED) is 0.276. The van der Waals surface area contributed by atoms with E-state index in [0.29, 0.717) is 0 Å². The van der Waals surface area contributed by atoms with E-state index >= 15 is 0 Å². The van der Waals surface area contributed by atoms with Gasteiger partial charge >= 0.3 is 0 Å². The lowest BCUT2D eigenvalue weighted by atomic mass is 10.00. The Labute approximate surface area is 184 Å². The fourth-order valence-corrected chi connectivity index (χ4v) is 5.88. The molecule has 2 heteroatoms. The first kappa shape index (κ1) is 16.5. The highest BCUT2D eigenvalue weighted by molar-refractivity contribution is 6.23. The van der Waals surface area contributed by atoms with Crippen molar-refractivity contribution in [3.8, 4) is 22.4 Å². The third-order valence-corrected chi connectivity index (χ3v) is 7.23. The Morgan fingerprint density at radius 1 is 0.625 bits per heavy atom. The number of para-hydroxylation sites is 2. The summed E-state index contributed by atoms with van der Waals surface area (Å²) in [5, 5.41) is 5.26. The van der Waals surface area contributed by atoms with E-state index in [2.05, 4.69) is 95.4 Å². The van der Waals surface area contributed by atoms with Crippen LogP contribution in [-0.2, 0) is 6.42 Å². The maximum Gasteiger partial charge on any atom is 0.0744 e. The van der Waals surface area contributed by atoms with Crippen molar-refractivity contribution in [2.24, 2.45) is 0 Å². The summed E-state index contributed by atoms with van der Waals surface area (Å²) in [5.74, 6) is 0. The summed E-state index contributed by atoms with van der Waals surface area (Å²) >= 11 is 0. The smallest absolute Gasteiger partial charge is 0.0744 e. The highest BCUT2D eigenvalue weighted by Crippen LogP contribution is 2.43. The third-order valence-electron chi connectivity index (χ3n) is 7.23. The van der Waals surface area contributed by atoms with Crippen LogP contribution in [0.1, 0.15) is 11.1 Å². The van der Waals surface area contributed by atoms with Crippen molar-refractivity contribution in [2.75, 3.05) is 0 Å². The Kier molecular flexibility index (Phi) is 2.96. The second-order valence-corrected chi connectivity index (χ2v) is 8.81. The van der Waals surface area contributed by atoms with Gasteiger partial charge in [0.25, 0.3) is 0 Å². The molecular weight excluding hydrogens is 388 g/mol. The molecule has 3 heterocycles. The van der Waals surface area contributed by atoms with Crippen LogP contribution in [0.15, 0.2) is 97.2 Å². The number of nitrogens with zero attached hydrogens (tertiary/aromatic N) is 2. The Hall–Kier alpha value is -4.17. The average Bonchev–Trinajstić information content (AvgIpc) is 3.50. The van der Waals surface area contributed by atoms with E-state index in [1.54, 1.807) is 0 Å². The summed E-state index contributed by atoms with van der Waals surface area (Å²) in [4.78, 5) is 4.87. The summed E-state index contributed by atoms with van der Waals surface area (Å²) in [6.45, 7) is 0. The fourth-order valence-electron chi connectivity index (χ4n) is 5.88. The maximum atomic E-state index is 4.87. The van der Waals surface area contributed by atoms with Gasteiger partial charge in [-0.3, -0.25) is 4.98 Å². The van der Waals surface area contributed by atoms with E-state index < -0.39 is 0 Å². The number of aromatic nitrogens is 2. The van der Waals surface area contributed by atoms with E-state index in [-0.39, 0.29) is 0 Å². The number of pyridine rings is 1. The normalized spacial score (nSPS) is 12.9. The third kappa shape index (κ3) is 1.93. The van der Waals surface area contributed by atoms with Crippen LogP contribution in [-0.4, -0.2) is 9.38 Å². The van der Waals surface area contributed by atoms with Gasteiger partial charge in [-0.1, -0.05) is 72.8 Å². The molecule has 2 nitrogen and oxygen atoms in total. The first-order valence-electron chi connectivity index (χ1n) is 11.1. The van der Waals surface area contributed by atoms with Crippen LogP contribution in [0.25, 0.3) is 60.5 Å². The Bertz CT molecular complexity index is 1850. The molecule has 0 saturated heterocycles. The van der Waals surface area contributed by atoms with Crippen molar-refractivity contribution in [2.45, 2.75) is 6.42 Å². The molecule has 1 aliphatic carbocycles. The van der Waals surface area contributed by atoms with E-state index in [9.17, 15) is 0 Å². The molecule has 0 N–H and O–H groups in total.